The summed E-state index contributed by atoms with van der Waals surface area (Å²) in [5, 5.41) is 17.7. The Morgan fingerprint density at radius 3 is 2.25 bits per heavy atom. The highest BCUT2D eigenvalue weighted by molar-refractivity contribution is 6.22. The Morgan fingerprint density at radius 2 is 1.88 bits per heavy atom. The van der Waals surface area contributed by atoms with Gasteiger partial charge in [-0.05, 0) is 6.92 Å². The van der Waals surface area contributed by atoms with E-state index in [-0.39, 0.29) is 44.3 Å². The molecule has 6 heteroatoms. The van der Waals surface area contributed by atoms with Crippen LogP contribution in [-0.2, 0) is 14.3 Å². The van der Waals surface area contributed by atoms with Crippen molar-refractivity contribution in [2.24, 2.45) is 0 Å². The molecule has 0 amide bonds. The third-order valence-corrected chi connectivity index (χ3v) is 2.39. The number of carbonyl (C=O) groups is 2. The highest BCUT2D eigenvalue weighted by Crippen LogP contribution is 2.17. The molecule has 1 heterocycles. The van der Waals surface area contributed by atoms with Crippen LogP contribution in [0.4, 0.5) is 0 Å². The smallest absolute Gasteiger partial charge is 0.344 e. The Balaban J connectivity index is 2.93. The van der Waals surface area contributed by atoms with E-state index in [0.29, 0.717) is 5.70 Å². The molecule has 0 bridgehead atoms. The largest absolute Gasteiger partial charge is 0.454 e. The standard InChI is InChI=1S/C10H15NO5/c1-7(11(2-4-12)3-5-13)9-8(14)6-16-10(9)15/h12-13H,2-6H2,1H3. The first-order valence-electron chi connectivity index (χ1n) is 4.99. The van der Waals surface area contributed by atoms with E-state index in [1.165, 1.54) is 0 Å². The molecule has 0 aliphatic carbocycles. The number of ether oxygens (including phenoxy) is 1. The zero-order valence-electron chi connectivity index (χ0n) is 9.10. The van der Waals surface area contributed by atoms with Crippen LogP contribution in [0.5, 0.6) is 0 Å². The molecule has 0 spiro atoms. The van der Waals surface area contributed by atoms with E-state index >= 15 is 0 Å². The summed E-state index contributed by atoms with van der Waals surface area (Å²) in [4.78, 5) is 24.3. The number of Topliss-reactive ketones (excluding diaryl/α,β-unsaturated/α-hetero) is 1. The van der Waals surface area contributed by atoms with Crippen molar-refractivity contribution in [1.29, 1.82) is 0 Å². The molecule has 2 N–H and O–H groups in total. The molecule has 0 aromatic carbocycles. The van der Waals surface area contributed by atoms with Crippen LogP contribution in [0.15, 0.2) is 11.3 Å². The molecule has 16 heavy (non-hydrogen) atoms. The van der Waals surface area contributed by atoms with Gasteiger partial charge in [-0.15, -0.1) is 0 Å². The number of hydrogen-bond donors (Lipinski definition) is 2. The van der Waals surface area contributed by atoms with Crippen molar-refractivity contribution in [3.05, 3.63) is 11.3 Å². The van der Waals surface area contributed by atoms with Crippen molar-refractivity contribution >= 4 is 11.8 Å². The number of aliphatic hydroxyl groups excluding tert-OH is 2. The number of hydrogen-bond acceptors (Lipinski definition) is 6. The van der Waals surface area contributed by atoms with Gasteiger partial charge in [0.15, 0.2) is 6.61 Å². The molecule has 6 nitrogen and oxygen atoms in total. The molecule has 1 saturated heterocycles. The third kappa shape index (κ3) is 2.59. The SMILES string of the molecule is CC(=C1C(=O)COC1=O)N(CCO)CCO. The Bertz CT molecular complexity index is 299. The average molecular weight is 229 g/mol. The summed E-state index contributed by atoms with van der Waals surface area (Å²) in [6.45, 7) is 1.66. The molecule has 0 aromatic heterocycles. The normalized spacial score (nSPS) is 18.7. The maximum absolute atomic E-state index is 11.4. The molecule has 1 rings (SSSR count). The van der Waals surface area contributed by atoms with Crippen molar-refractivity contribution in [2.75, 3.05) is 32.9 Å². The number of ketones is 1. The van der Waals surface area contributed by atoms with Gasteiger partial charge in [-0.25, -0.2) is 4.79 Å². The molecule has 1 fully saturated rings. The Hall–Kier alpha value is -1.40. The first-order valence-corrected chi connectivity index (χ1v) is 4.99. The highest BCUT2D eigenvalue weighted by Gasteiger charge is 2.31. The minimum Gasteiger partial charge on any atom is -0.454 e. The fraction of sp³-hybridized carbons (Fsp3) is 0.600. The molecule has 0 saturated carbocycles. The van der Waals surface area contributed by atoms with Crippen molar-refractivity contribution in [1.82, 2.24) is 4.90 Å². The maximum Gasteiger partial charge on any atom is 0.344 e. The van der Waals surface area contributed by atoms with E-state index in [4.69, 9.17) is 10.2 Å². The van der Waals surface area contributed by atoms with Gasteiger partial charge in [0.2, 0.25) is 5.78 Å². The first kappa shape index (κ1) is 12.7. The molecule has 0 radical (unpaired) electrons. The second-order valence-corrected chi connectivity index (χ2v) is 3.39. The molecule has 1 aliphatic rings. The van der Waals surface area contributed by atoms with E-state index in [1.54, 1.807) is 11.8 Å². The second-order valence-electron chi connectivity index (χ2n) is 3.39. The lowest BCUT2D eigenvalue weighted by molar-refractivity contribution is -0.135. The Labute approximate surface area is 93.1 Å². The molecule has 0 atom stereocenters. The molecule has 0 aromatic rings. The lowest BCUT2D eigenvalue weighted by Crippen LogP contribution is -2.30. The van der Waals surface area contributed by atoms with Crippen molar-refractivity contribution in [3.8, 4) is 0 Å². The van der Waals surface area contributed by atoms with Gasteiger partial charge in [0.25, 0.3) is 0 Å². The maximum atomic E-state index is 11.4. The predicted octanol–water partition coefficient (Wildman–Crippen LogP) is -1.33. The summed E-state index contributed by atoms with van der Waals surface area (Å²) in [5.41, 5.74) is 0.456. The van der Waals surface area contributed by atoms with Crippen LogP contribution in [0.2, 0.25) is 0 Å². The first-order chi connectivity index (χ1) is 7.61. The number of allylic oxidation sites excluding steroid dienone is 1. The number of carbonyl (C=O) groups excluding carboxylic acids is 2. The summed E-state index contributed by atoms with van der Waals surface area (Å²) in [6, 6.07) is 0. The van der Waals surface area contributed by atoms with Gasteiger partial charge in [0.05, 0.1) is 13.2 Å². The zero-order chi connectivity index (χ0) is 12.1. The summed E-state index contributed by atoms with van der Waals surface area (Å²) in [7, 11) is 0. The van der Waals surface area contributed by atoms with E-state index in [2.05, 4.69) is 4.74 Å². The molecular formula is C10H15NO5. The fourth-order valence-electron chi connectivity index (χ4n) is 1.59. The quantitative estimate of drug-likeness (QED) is 0.345. The summed E-state index contributed by atoms with van der Waals surface area (Å²) in [5.74, 6) is -0.994. The lowest BCUT2D eigenvalue weighted by Gasteiger charge is -2.24. The monoisotopic (exact) mass is 229 g/mol. The highest BCUT2D eigenvalue weighted by atomic mass is 16.5. The summed E-state index contributed by atoms with van der Waals surface area (Å²) >= 11 is 0. The number of rotatable bonds is 5. The van der Waals surface area contributed by atoms with E-state index in [9.17, 15) is 9.59 Å². The molecule has 1 aliphatic heterocycles. The Kier molecular flexibility index (Phi) is 4.45. The Morgan fingerprint density at radius 1 is 1.31 bits per heavy atom. The minimum absolute atomic E-state index is 0.0156. The average Bonchev–Trinajstić information content (AvgIpc) is 2.57. The topological polar surface area (TPSA) is 87.1 Å². The van der Waals surface area contributed by atoms with Crippen molar-refractivity contribution in [3.63, 3.8) is 0 Å². The van der Waals surface area contributed by atoms with Gasteiger partial charge < -0.3 is 19.8 Å². The van der Waals surface area contributed by atoms with Crippen LogP contribution in [0.3, 0.4) is 0 Å². The van der Waals surface area contributed by atoms with Gasteiger partial charge in [0.1, 0.15) is 5.57 Å². The van der Waals surface area contributed by atoms with Crippen LogP contribution in [0.1, 0.15) is 6.92 Å². The molecule has 0 unspecified atom stereocenters. The summed E-state index contributed by atoms with van der Waals surface area (Å²) < 4.78 is 4.61. The van der Waals surface area contributed by atoms with Crippen LogP contribution >= 0.6 is 0 Å². The van der Waals surface area contributed by atoms with Gasteiger partial charge in [-0.3, -0.25) is 4.79 Å². The van der Waals surface area contributed by atoms with Crippen LogP contribution in [0.25, 0.3) is 0 Å². The van der Waals surface area contributed by atoms with E-state index < -0.39 is 5.97 Å². The van der Waals surface area contributed by atoms with Crippen molar-refractivity contribution in [2.45, 2.75) is 6.92 Å². The van der Waals surface area contributed by atoms with E-state index in [1.807, 2.05) is 0 Å². The number of esters is 1. The predicted molar refractivity (Wildman–Crippen MR) is 54.4 cm³/mol. The zero-order valence-corrected chi connectivity index (χ0v) is 9.10. The van der Waals surface area contributed by atoms with Crippen LogP contribution < -0.4 is 0 Å². The molecular weight excluding hydrogens is 214 g/mol. The van der Waals surface area contributed by atoms with Gasteiger partial charge in [0, 0.05) is 18.8 Å². The van der Waals surface area contributed by atoms with E-state index in [0.717, 1.165) is 0 Å². The van der Waals surface area contributed by atoms with Gasteiger partial charge >= 0.3 is 5.97 Å². The van der Waals surface area contributed by atoms with Crippen molar-refractivity contribution < 1.29 is 24.5 Å². The number of aliphatic hydroxyl groups is 2. The van der Waals surface area contributed by atoms with Gasteiger partial charge in [-0.2, -0.15) is 0 Å². The minimum atomic E-state index is -0.636. The van der Waals surface area contributed by atoms with Crippen LogP contribution in [-0.4, -0.2) is 59.8 Å². The fourth-order valence-corrected chi connectivity index (χ4v) is 1.59. The number of cyclic esters (lactones) is 1. The third-order valence-electron chi connectivity index (χ3n) is 2.39. The summed E-state index contributed by atoms with van der Waals surface area (Å²) in [6.07, 6.45) is 0. The van der Waals surface area contributed by atoms with Crippen LogP contribution in [0, 0.1) is 0 Å². The number of nitrogens with zero attached hydrogens (tertiary/aromatic N) is 1. The van der Waals surface area contributed by atoms with Gasteiger partial charge in [-0.1, -0.05) is 0 Å². The molecule has 90 valence electrons. The second kappa shape index (κ2) is 5.62. The lowest BCUT2D eigenvalue weighted by atomic mass is 10.1.